The van der Waals surface area contributed by atoms with Crippen LogP contribution in [0, 0.1) is 6.92 Å². The van der Waals surface area contributed by atoms with Crippen LogP contribution in [0.2, 0.25) is 0 Å². The van der Waals surface area contributed by atoms with E-state index >= 15 is 0 Å². The van der Waals surface area contributed by atoms with Gasteiger partial charge in [-0.3, -0.25) is 0 Å². The molecule has 0 saturated carbocycles. The second-order valence-electron chi connectivity index (χ2n) is 4.22. The van der Waals surface area contributed by atoms with E-state index in [9.17, 15) is 4.79 Å². The second kappa shape index (κ2) is 4.43. The minimum atomic E-state index is -0.934. The molecule has 0 spiro atoms. The predicted octanol–water partition coefficient (Wildman–Crippen LogP) is 1.84. The molecule has 1 saturated heterocycles. The molecular weight excluding hydrogens is 204 g/mol. The van der Waals surface area contributed by atoms with Crippen molar-refractivity contribution in [3.05, 3.63) is 29.8 Å². The molecule has 2 rings (SSSR count). The van der Waals surface area contributed by atoms with Crippen LogP contribution in [0.1, 0.15) is 12.0 Å². The number of anilines is 1. The molecule has 1 aromatic carbocycles. The van der Waals surface area contributed by atoms with Crippen LogP contribution < -0.4 is 10.2 Å². The molecule has 0 unspecified atom stereocenters. The minimum Gasteiger partial charge on any atom is -0.465 e. The second-order valence-corrected chi connectivity index (χ2v) is 4.22. The van der Waals surface area contributed by atoms with Gasteiger partial charge in [0.25, 0.3) is 0 Å². The van der Waals surface area contributed by atoms with E-state index in [-0.39, 0.29) is 6.04 Å². The molecular formula is C12H16N2O2. The van der Waals surface area contributed by atoms with Gasteiger partial charge >= 0.3 is 6.09 Å². The minimum absolute atomic E-state index is 0.0537. The zero-order valence-electron chi connectivity index (χ0n) is 9.31. The standard InChI is InChI=1S/C12H16N2O2/c1-9-3-2-4-11(7-9)14-6-5-10(8-14)13-12(15)16/h2-4,7,10,13H,5-6,8H2,1H3,(H,15,16)/t10-/m1/s1. The number of carbonyl (C=O) groups is 1. The average Bonchev–Trinajstić information content (AvgIpc) is 2.65. The summed E-state index contributed by atoms with van der Waals surface area (Å²) in [4.78, 5) is 12.7. The Kier molecular flexibility index (Phi) is 2.99. The van der Waals surface area contributed by atoms with Crippen LogP contribution in [0.4, 0.5) is 10.5 Å². The van der Waals surface area contributed by atoms with Crippen molar-refractivity contribution in [2.24, 2.45) is 0 Å². The van der Waals surface area contributed by atoms with Crippen LogP contribution in [-0.2, 0) is 0 Å². The first-order valence-electron chi connectivity index (χ1n) is 5.46. The van der Waals surface area contributed by atoms with Gasteiger partial charge in [-0.15, -0.1) is 0 Å². The lowest BCUT2D eigenvalue weighted by molar-refractivity contribution is 0.191. The molecule has 1 aromatic rings. The number of aryl methyl sites for hydroxylation is 1. The van der Waals surface area contributed by atoms with Crippen LogP contribution in [0.25, 0.3) is 0 Å². The van der Waals surface area contributed by atoms with E-state index in [1.165, 1.54) is 11.3 Å². The molecule has 86 valence electrons. The largest absolute Gasteiger partial charge is 0.465 e. The molecule has 0 aliphatic carbocycles. The van der Waals surface area contributed by atoms with Crippen LogP contribution in [0.5, 0.6) is 0 Å². The third-order valence-electron chi connectivity index (χ3n) is 2.88. The van der Waals surface area contributed by atoms with Crippen molar-refractivity contribution in [3.8, 4) is 0 Å². The maximum absolute atomic E-state index is 10.5. The molecule has 1 amide bonds. The van der Waals surface area contributed by atoms with Crippen molar-refractivity contribution < 1.29 is 9.90 Å². The number of nitrogens with one attached hydrogen (secondary N) is 1. The first-order chi connectivity index (χ1) is 7.65. The van der Waals surface area contributed by atoms with Crippen molar-refractivity contribution in [2.45, 2.75) is 19.4 Å². The van der Waals surface area contributed by atoms with Gasteiger partial charge in [0.15, 0.2) is 0 Å². The third-order valence-corrected chi connectivity index (χ3v) is 2.88. The Balaban J connectivity index is 2.00. The van der Waals surface area contributed by atoms with E-state index in [2.05, 4.69) is 35.3 Å². The summed E-state index contributed by atoms with van der Waals surface area (Å²) in [5, 5.41) is 11.2. The molecule has 0 radical (unpaired) electrons. The Morgan fingerprint density at radius 1 is 1.56 bits per heavy atom. The lowest BCUT2D eigenvalue weighted by Gasteiger charge is -2.19. The van der Waals surface area contributed by atoms with Crippen molar-refractivity contribution >= 4 is 11.8 Å². The topological polar surface area (TPSA) is 52.6 Å². The van der Waals surface area contributed by atoms with Gasteiger partial charge in [0.1, 0.15) is 0 Å². The Labute approximate surface area is 94.9 Å². The maximum Gasteiger partial charge on any atom is 0.404 e. The molecule has 1 heterocycles. The fourth-order valence-electron chi connectivity index (χ4n) is 2.11. The summed E-state index contributed by atoms with van der Waals surface area (Å²) in [5.41, 5.74) is 2.40. The molecule has 2 N–H and O–H groups in total. The maximum atomic E-state index is 10.5. The Morgan fingerprint density at radius 3 is 3.06 bits per heavy atom. The number of carboxylic acid groups (broad SMARTS) is 1. The van der Waals surface area contributed by atoms with Crippen molar-refractivity contribution in [3.63, 3.8) is 0 Å². The third kappa shape index (κ3) is 2.45. The van der Waals surface area contributed by atoms with Crippen LogP contribution in [0.15, 0.2) is 24.3 Å². The van der Waals surface area contributed by atoms with Gasteiger partial charge in [-0.05, 0) is 31.0 Å². The Morgan fingerprint density at radius 2 is 2.38 bits per heavy atom. The normalized spacial score (nSPS) is 19.8. The molecule has 1 fully saturated rings. The average molecular weight is 220 g/mol. The molecule has 0 bridgehead atoms. The summed E-state index contributed by atoms with van der Waals surface area (Å²) >= 11 is 0. The molecule has 1 aliphatic rings. The van der Waals surface area contributed by atoms with Gasteiger partial charge in [0.2, 0.25) is 0 Å². The van der Waals surface area contributed by atoms with Crippen molar-refractivity contribution in [1.29, 1.82) is 0 Å². The van der Waals surface area contributed by atoms with E-state index in [1.54, 1.807) is 0 Å². The van der Waals surface area contributed by atoms with Crippen LogP contribution >= 0.6 is 0 Å². The highest BCUT2D eigenvalue weighted by Crippen LogP contribution is 2.21. The SMILES string of the molecule is Cc1cccc(N2CC[C@@H](NC(=O)O)C2)c1. The van der Waals surface area contributed by atoms with Gasteiger partial charge in [0.05, 0.1) is 6.04 Å². The van der Waals surface area contributed by atoms with Crippen molar-refractivity contribution in [2.75, 3.05) is 18.0 Å². The van der Waals surface area contributed by atoms with Gasteiger partial charge in [-0.1, -0.05) is 12.1 Å². The summed E-state index contributed by atoms with van der Waals surface area (Å²) in [7, 11) is 0. The zero-order valence-corrected chi connectivity index (χ0v) is 9.31. The lowest BCUT2D eigenvalue weighted by atomic mass is 10.2. The fraction of sp³-hybridized carbons (Fsp3) is 0.417. The van der Waals surface area contributed by atoms with Crippen LogP contribution in [-0.4, -0.2) is 30.3 Å². The van der Waals surface area contributed by atoms with E-state index in [0.29, 0.717) is 0 Å². The van der Waals surface area contributed by atoms with Crippen LogP contribution in [0.3, 0.4) is 0 Å². The summed E-state index contributed by atoms with van der Waals surface area (Å²) in [6, 6.07) is 8.34. The first-order valence-corrected chi connectivity index (χ1v) is 5.46. The molecule has 1 atom stereocenters. The first kappa shape index (κ1) is 10.8. The highest BCUT2D eigenvalue weighted by atomic mass is 16.4. The van der Waals surface area contributed by atoms with Gasteiger partial charge in [0, 0.05) is 18.8 Å². The number of hydrogen-bond donors (Lipinski definition) is 2. The van der Waals surface area contributed by atoms with E-state index < -0.39 is 6.09 Å². The number of nitrogens with zero attached hydrogens (tertiary/aromatic N) is 1. The summed E-state index contributed by atoms with van der Waals surface area (Å²) in [5.74, 6) is 0. The number of amides is 1. The molecule has 1 aliphatic heterocycles. The molecule has 4 nitrogen and oxygen atoms in total. The van der Waals surface area contributed by atoms with E-state index in [0.717, 1.165) is 19.5 Å². The van der Waals surface area contributed by atoms with E-state index in [1.807, 2.05) is 6.07 Å². The number of benzene rings is 1. The van der Waals surface area contributed by atoms with Gasteiger partial charge < -0.3 is 15.3 Å². The number of hydrogen-bond acceptors (Lipinski definition) is 2. The van der Waals surface area contributed by atoms with E-state index in [4.69, 9.17) is 5.11 Å². The van der Waals surface area contributed by atoms with Crippen molar-refractivity contribution in [1.82, 2.24) is 5.32 Å². The number of rotatable bonds is 2. The lowest BCUT2D eigenvalue weighted by Crippen LogP contribution is -2.36. The zero-order chi connectivity index (χ0) is 11.5. The predicted molar refractivity (Wildman–Crippen MR) is 63.0 cm³/mol. The fourth-order valence-corrected chi connectivity index (χ4v) is 2.11. The van der Waals surface area contributed by atoms with Gasteiger partial charge in [-0.25, -0.2) is 4.79 Å². The summed E-state index contributed by atoms with van der Waals surface area (Å²) < 4.78 is 0. The molecule has 16 heavy (non-hydrogen) atoms. The molecule has 0 aromatic heterocycles. The quantitative estimate of drug-likeness (QED) is 0.799. The Hall–Kier alpha value is -1.71. The smallest absolute Gasteiger partial charge is 0.404 e. The summed E-state index contributed by atoms with van der Waals surface area (Å²) in [6.45, 7) is 3.73. The highest BCUT2D eigenvalue weighted by Gasteiger charge is 2.23. The van der Waals surface area contributed by atoms with Gasteiger partial charge in [-0.2, -0.15) is 0 Å². The Bertz CT molecular complexity index is 392. The highest BCUT2D eigenvalue weighted by molar-refractivity contribution is 5.65. The monoisotopic (exact) mass is 220 g/mol. The summed E-state index contributed by atoms with van der Waals surface area (Å²) in [6.07, 6.45) is -0.0589. The molecule has 4 heteroatoms.